The van der Waals surface area contributed by atoms with Crippen LogP contribution < -0.4 is 5.73 Å². The molecule has 1 aromatic heterocycles. The van der Waals surface area contributed by atoms with Gasteiger partial charge in [0.05, 0.1) is 23.6 Å². The quantitative estimate of drug-likeness (QED) is 0.805. The summed E-state index contributed by atoms with van der Waals surface area (Å²) in [4.78, 5) is 0. The van der Waals surface area contributed by atoms with Crippen LogP contribution in [0.5, 0.6) is 0 Å². The van der Waals surface area contributed by atoms with Crippen LogP contribution in [-0.4, -0.2) is 15.0 Å². The molecule has 1 unspecified atom stereocenters. The lowest BCUT2D eigenvalue weighted by Crippen LogP contribution is -2.18. The second-order valence-corrected chi connectivity index (χ2v) is 4.55. The summed E-state index contributed by atoms with van der Waals surface area (Å²) in [6, 6.07) is 11.5. The van der Waals surface area contributed by atoms with Gasteiger partial charge in [0.25, 0.3) is 0 Å². The average molecular weight is 286 g/mol. The first kappa shape index (κ1) is 13.4. The molecule has 4 nitrogen and oxygen atoms in total. The second kappa shape index (κ2) is 5.41. The monoisotopic (exact) mass is 286 g/mol. The lowest BCUT2D eigenvalue weighted by Gasteiger charge is -2.14. The van der Waals surface area contributed by atoms with Gasteiger partial charge in [-0.3, -0.25) is 0 Å². The Labute approximate surface area is 119 Å². The zero-order chi connectivity index (χ0) is 14.8. The topological polar surface area (TPSA) is 56.7 Å². The minimum Gasteiger partial charge on any atom is -0.319 e. The maximum Gasteiger partial charge on any atom is 0.128 e. The van der Waals surface area contributed by atoms with Crippen LogP contribution in [0.4, 0.5) is 8.78 Å². The van der Waals surface area contributed by atoms with Crippen LogP contribution in [0.25, 0.3) is 5.69 Å². The molecular formula is C15H12F2N4. The van der Waals surface area contributed by atoms with Crippen molar-refractivity contribution in [3.8, 4) is 5.69 Å². The SMILES string of the molecule is NC(c1cc(F)ccc1F)c1cnnn1-c1ccccc1. The van der Waals surface area contributed by atoms with Crippen molar-refractivity contribution in [3.05, 3.63) is 77.6 Å². The van der Waals surface area contributed by atoms with Crippen LogP contribution in [0.15, 0.2) is 54.7 Å². The zero-order valence-electron chi connectivity index (χ0n) is 10.9. The predicted octanol–water partition coefficient (Wildman–Crippen LogP) is 2.59. The van der Waals surface area contributed by atoms with E-state index in [0.29, 0.717) is 5.69 Å². The Hall–Kier alpha value is -2.60. The smallest absolute Gasteiger partial charge is 0.128 e. The van der Waals surface area contributed by atoms with Crippen molar-refractivity contribution in [3.63, 3.8) is 0 Å². The molecule has 0 fully saturated rings. The second-order valence-electron chi connectivity index (χ2n) is 4.55. The van der Waals surface area contributed by atoms with Gasteiger partial charge in [-0.2, -0.15) is 0 Å². The molecule has 0 radical (unpaired) electrons. The van der Waals surface area contributed by atoms with Crippen LogP contribution in [0.1, 0.15) is 17.3 Å². The molecule has 2 aromatic carbocycles. The van der Waals surface area contributed by atoms with Crippen molar-refractivity contribution >= 4 is 0 Å². The van der Waals surface area contributed by atoms with E-state index in [-0.39, 0.29) is 5.56 Å². The number of nitrogens with two attached hydrogens (primary N) is 1. The van der Waals surface area contributed by atoms with Gasteiger partial charge in [0, 0.05) is 5.56 Å². The van der Waals surface area contributed by atoms with E-state index in [1.54, 1.807) is 0 Å². The van der Waals surface area contributed by atoms with E-state index in [9.17, 15) is 8.78 Å². The normalized spacial score (nSPS) is 12.3. The Bertz CT molecular complexity index is 755. The van der Waals surface area contributed by atoms with Crippen molar-refractivity contribution in [1.29, 1.82) is 0 Å². The van der Waals surface area contributed by atoms with Gasteiger partial charge in [-0.15, -0.1) is 5.10 Å². The molecule has 0 aliphatic rings. The summed E-state index contributed by atoms with van der Waals surface area (Å²) in [5.41, 5.74) is 7.35. The number of benzene rings is 2. The highest BCUT2D eigenvalue weighted by atomic mass is 19.1. The summed E-state index contributed by atoms with van der Waals surface area (Å²) < 4.78 is 28.7. The van der Waals surface area contributed by atoms with Gasteiger partial charge in [-0.1, -0.05) is 23.4 Å². The molecule has 6 heteroatoms. The first-order chi connectivity index (χ1) is 10.2. The number of para-hydroxylation sites is 1. The fourth-order valence-electron chi connectivity index (χ4n) is 2.14. The summed E-state index contributed by atoms with van der Waals surface area (Å²) in [6.45, 7) is 0. The van der Waals surface area contributed by atoms with E-state index in [1.165, 1.54) is 10.9 Å². The van der Waals surface area contributed by atoms with Crippen molar-refractivity contribution in [2.45, 2.75) is 6.04 Å². The van der Waals surface area contributed by atoms with E-state index < -0.39 is 17.7 Å². The maximum absolute atomic E-state index is 13.8. The maximum atomic E-state index is 13.8. The number of rotatable bonds is 3. The van der Waals surface area contributed by atoms with E-state index in [4.69, 9.17) is 5.73 Å². The van der Waals surface area contributed by atoms with Gasteiger partial charge in [0.2, 0.25) is 0 Å². The molecular weight excluding hydrogens is 274 g/mol. The summed E-state index contributed by atoms with van der Waals surface area (Å²) in [7, 11) is 0. The number of hydrogen-bond donors (Lipinski definition) is 1. The molecule has 3 rings (SSSR count). The number of hydrogen-bond acceptors (Lipinski definition) is 3. The van der Waals surface area contributed by atoms with Gasteiger partial charge in [0.15, 0.2) is 0 Å². The van der Waals surface area contributed by atoms with Crippen LogP contribution in [0.2, 0.25) is 0 Å². The van der Waals surface area contributed by atoms with Gasteiger partial charge in [-0.05, 0) is 30.3 Å². The van der Waals surface area contributed by atoms with Crippen molar-refractivity contribution < 1.29 is 8.78 Å². The largest absolute Gasteiger partial charge is 0.319 e. The summed E-state index contributed by atoms with van der Waals surface area (Å²) in [6.07, 6.45) is 1.45. The molecule has 0 aliphatic heterocycles. The van der Waals surface area contributed by atoms with Gasteiger partial charge in [-0.25, -0.2) is 13.5 Å². The van der Waals surface area contributed by atoms with E-state index in [1.807, 2.05) is 30.3 Å². The molecule has 3 aromatic rings. The summed E-state index contributed by atoms with van der Waals surface area (Å²) in [5, 5.41) is 7.77. The highest BCUT2D eigenvalue weighted by molar-refractivity contribution is 5.35. The van der Waals surface area contributed by atoms with E-state index in [0.717, 1.165) is 23.9 Å². The Morgan fingerprint density at radius 2 is 1.81 bits per heavy atom. The third-order valence-electron chi connectivity index (χ3n) is 3.19. The Balaban J connectivity index is 2.06. The van der Waals surface area contributed by atoms with Crippen molar-refractivity contribution in [1.82, 2.24) is 15.0 Å². The lowest BCUT2D eigenvalue weighted by molar-refractivity contribution is 0.571. The predicted molar refractivity (Wildman–Crippen MR) is 73.7 cm³/mol. The van der Waals surface area contributed by atoms with Crippen LogP contribution in [0.3, 0.4) is 0 Å². The Morgan fingerprint density at radius 1 is 1.05 bits per heavy atom. The Kier molecular flexibility index (Phi) is 3.45. The third kappa shape index (κ3) is 2.53. The molecule has 1 heterocycles. The Morgan fingerprint density at radius 3 is 2.57 bits per heavy atom. The molecule has 0 spiro atoms. The standard InChI is InChI=1S/C15H12F2N4/c16-10-6-7-13(17)12(8-10)15(18)14-9-19-20-21(14)11-4-2-1-3-5-11/h1-9,15H,18H2. The number of nitrogens with zero attached hydrogens (tertiary/aromatic N) is 3. The minimum atomic E-state index is -0.865. The molecule has 0 saturated heterocycles. The minimum absolute atomic E-state index is 0.0643. The van der Waals surface area contributed by atoms with Crippen molar-refractivity contribution in [2.24, 2.45) is 5.73 Å². The highest BCUT2D eigenvalue weighted by Gasteiger charge is 2.19. The molecule has 106 valence electrons. The fourth-order valence-corrected chi connectivity index (χ4v) is 2.14. The van der Waals surface area contributed by atoms with Gasteiger partial charge in [0.1, 0.15) is 11.6 Å². The number of halogens is 2. The molecule has 1 atom stereocenters. The first-order valence-corrected chi connectivity index (χ1v) is 6.33. The van der Waals surface area contributed by atoms with Gasteiger partial charge >= 0.3 is 0 Å². The molecule has 0 amide bonds. The highest BCUT2D eigenvalue weighted by Crippen LogP contribution is 2.24. The number of aromatic nitrogens is 3. The zero-order valence-corrected chi connectivity index (χ0v) is 10.9. The fraction of sp³-hybridized carbons (Fsp3) is 0.0667. The van der Waals surface area contributed by atoms with E-state index >= 15 is 0 Å². The third-order valence-corrected chi connectivity index (χ3v) is 3.19. The van der Waals surface area contributed by atoms with Gasteiger partial charge < -0.3 is 5.73 Å². The summed E-state index contributed by atoms with van der Waals surface area (Å²) in [5.74, 6) is -1.11. The molecule has 0 bridgehead atoms. The molecule has 21 heavy (non-hydrogen) atoms. The summed E-state index contributed by atoms with van der Waals surface area (Å²) >= 11 is 0. The van der Waals surface area contributed by atoms with Crippen molar-refractivity contribution in [2.75, 3.05) is 0 Å². The first-order valence-electron chi connectivity index (χ1n) is 6.33. The van der Waals surface area contributed by atoms with Crippen LogP contribution in [-0.2, 0) is 0 Å². The molecule has 0 saturated carbocycles. The average Bonchev–Trinajstić information content (AvgIpc) is 2.99. The molecule has 0 aliphatic carbocycles. The van der Waals surface area contributed by atoms with E-state index in [2.05, 4.69) is 10.3 Å². The molecule has 2 N–H and O–H groups in total. The van der Waals surface area contributed by atoms with Crippen LogP contribution in [0, 0.1) is 11.6 Å². The lowest BCUT2D eigenvalue weighted by atomic mass is 10.0. The van der Waals surface area contributed by atoms with Crippen LogP contribution >= 0.6 is 0 Å².